The number of hydrogen-bond donors (Lipinski definition) is 1. The normalized spacial score (nSPS) is 16.2. The van der Waals surface area contributed by atoms with Crippen molar-refractivity contribution in [3.63, 3.8) is 0 Å². The largest absolute Gasteiger partial charge is 0.472 e. The zero-order valence-electron chi connectivity index (χ0n) is 18.6. The molecule has 0 fully saturated rings. The van der Waals surface area contributed by atoms with Crippen molar-refractivity contribution in [3.8, 4) is 0 Å². The highest BCUT2D eigenvalue weighted by atomic mass is 31.2. The number of hydrogen-bond acceptors (Lipinski definition) is 3. The highest BCUT2D eigenvalue weighted by Gasteiger charge is 2.20. The maximum atomic E-state index is 11.9. The summed E-state index contributed by atoms with van der Waals surface area (Å²) in [6.45, 7) is 9.66. The molecule has 164 valence electrons. The van der Waals surface area contributed by atoms with Gasteiger partial charge < -0.3 is 4.89 Å². The molecule has 0 aromatic heterocycles. The standard InChI is InChI=1S/C22H47O4P/c1-5-7-9-15-21(3)17-11-13-19-25-27(23,24)26-20-14-12-18-22(4)16-10-8-6-2/h21-22H,5-20H2,1-4H3,(H,23,24). The van der Waals surface area contributed by atoms with Crippen molar-refractivity contribution in [3.05, 3.63) is 0 Å². The Morgan fingerprint density at radius 1 is 0.667 bits per heavy atom. The van der Waals surface area contributed by atoms with Crippen LogP contribution < -0.4 is 0 Å². The van der Waals surface area contributed by atoms with Crippen LogP contribution in [0.15, 0.2) is 0 Å². The Balaban J connectivity index is 3.56. The lowest BCUT2D eigenvalue weighted by molar-refractivity contribution is 0.144. The molecule has 1 N–H and O–H groups in total. The van der Waals surface area contributed by atoms with E-state index in [1.54, 1.807) is 0 Å². The maximum Gasteiger partial charge on any atom is 0.472 e. The van der Waals surface area contributed by atoms with Gasteiger partial charge in [0.1, 0.15) is 0 Å². The molecule has 5 heteroatoms. The summed E-state index contributed by atoms with van der Waals surface area (Å²) in [7, 11) is -3.86. The summed E-state index contributed by atoms with van der Waals surface area (Å²) in [6.07, 6.45) is 16.4. The highest BCUT2D eigenvalue weighted by Crippen LogP contribution is 2.43. The minimum atomic E-state index is -3.86. The summed E-state index contributed by atoms with van der Waals surface area (Å²) < 4.78 is 22.1. The Morgan fingerprint density at radius 3 is 1.33 bits per heavy atom. The maximum absolute atomic E-state index is 11.9. The van der Waals surface area contributed by atoms with E-state index < -0.39 is 7.82 Å². The van der Waals surface area contributed by atoms with Crippen LogP contribution in [-0.4, -0.2) is 18.1 Å². The lowest BCUT2D eigenvalue weighted by Crippen LogP contribution is -2.01. The van der Waals surface area contributed by atoms with Gasteiger partial charge in [-0.3, -0.25) is 9.05 Å². The summed E-state index contributed by atoms with van der Waals surface area (Å²) in [5, 5.41) is 0. The van der Waals surface area contributed by atoms with Crippen LogP contribution >= 0.6 is 7.82 Å². The first-order valence-corrected chi connectivity index (χ1v) is 13.0. The van der Waals surface area contributed by atoms with Gasteiger partial charge in [0, 0.05) is 0 Å². The van der Waals surface area contributed by atoms with Gasteiger partial charge >= 0.3 is 7.82 Å². The summed E-state index contributed by atoms with van der Waals surface area (Å²) in [6, 6.07) is 0. The van der Waals surface area contributed by atoms with Crippen molar-refractivity contribution < 1.29 is 18.5 Å². The predicted molar refractivity (Wildman–Crippen MR) is 116 cm³/mol. The van der Waals surface area contributed by atoms with Gasteiger partial charge in [-0.25, -0.2) is 4.57 Å². The molecule has 0 saturated carbocycles. The average molecular weight is 407 g/mol. The second-order valence-electron chi connectivity index (χ2n) is 8.33. The second-order valence-corrected chi connectivity index (χ2v) is 9.78. The molecule has 0 spiro atoms. The van der Waals surface area contributed by atoms with E-state index in [-0.39, 0.29) is 0 Å². The zero-order valence-corrected chi connectivity index (χ0v) is 19.5. The van der Waals surface area contributed by atoms with Gasteiger partial charge in [0.05, 0.1) is 13.2 Å². The van der Waals surface area contributed by atoms with Crippen LogP contribution in [0.3, 0.4) is 0 Å². The van der Waals surface area contributed by atoms with E-state index in [9.17, 15) is 9.46 Å². The number of rotatable bonds is 20. The fraction of sp³-hybridized carbons (Fsp3) is 1.00. The average Bonchev–Trinajstić information content (AvgIpc) is 2.61. The van der Waals surface area contributed by atoms with E-state index in [1.807, 2.05) is 0 Å². The molecule has 0 radical (unpaired) electrons. The van der Waals surface area contributed by atoms with Crippen molar-refractivity contribution in [2.75, 3.05) is 13.2 Å². The summed E-state index contributed by atoms with van der Waals surface area (Å²) in [5.41, 5.74) is 0. The molecule has 0 aliphatic carbocycles. The lowest BCUT2D eigenvalue weighted by atomic mass is 9.97. The molecule has 27 heavy (non-hydrogen) atoms. The topological polar surface area (TPSA) is 55.8 Å². The summed E-state index contributed by atoms with van der Waals surface area (Å²) in [5.74, 6) is 1.47. The first-order valence-electron chi connectivity index (χ1n) is 11.5. The SMILES string of the molecule is CCCCCC(C)CCCCOP(=O)(O)OCCCCC(C)CCCCC. The first-order chi connectivity index (χ1) is 12.9. The van der Waals surface area contributed by atoms with Crippen molar-refractivity contribution in [1.29, 1.82) is 0 Å². The quantitative estimate of drug-likeness (QED) is 0.165. The van der Waals surface area contributed by atoms with E-state index in [2.05, 4.69) is 27.7 Å². The molecule has 0 aromatic rings. The molecule has 0 aliphatic rings. The zero-order chi connectivity index (χ0) is 20.4. The van der Waals surface area contributed by atoms with Crippen LogP contribution in [0.2, 0.25) is 0 Å². The van der Waals surface area contributed by atoms with Gasteiger partial charge in [-0.05, 0) is 24.7 Å². The minimum Gasteiger partial charge on any atom is -0.302 e. The Labute approximate surface area is 169 Å². The molecule has 4 nitrogen and oxygen atoms in total. The van der Waals surface area contributed by atoms with Crippen LogP contribution in [0.5, 0.6) is 0 Å². The number of phosphoric acid groups is 1. The fourth-order valence-corrected chi connectivity index (χ4v) is 4.16. The van der Waals surface area contributed by atoms with Crippen LogP contribution in [0.4, 0.5) is 0 Å². The molecule has 2 unspecified atom stereocenters. The van der Waals surface area contributed by atoms with Gasteiger partial charge in [-0.2, -0.15) is 0 Å². The third-order valence-corrected chi connectivity index (χ3v) is 6.31. The molecule has 0 aromatic carbocycles. The Hall–Kier alpha value is 0.110. The van der Waals surface area contributed by atoms with Gasteiger partial charge in [0.2, 0.25) is 0 Å². The van der Waals surface area contributed by atoms with Gasteiger partial charge in [0.15, 0.2) is 0 Å². The molecule has 0 amide bonds. The van der Waals surface area contributed by atoms with Gasteiger partial charge in [-0.1, -0.05) is 105 Å². The Morgan fingerprint density at radius 2 is 1.00 bits per heavy atom. The van der Waals surface area contributed by atoms with Crippen molar-refractivity contribution >= 4 is 7.82 Å². The van der Waals surface area contributed by atoms with Crippen LogP contribution in [0, 0.1) is 11.8 Å². The summed E-state index contributed by atoms with van der Waals surface area (Å²) in [4.78, 5) is 9.73. The third-order valence-electron chi connectivity index (χ3n) is 5.29. The van der Waals surface area contributed by atoms with Gasteiger partial charge in [0.25, 0.3) is 0 Å². The smallest absolute Gasteiger partial charge is 0.302 e. The van der Waals surface area contributed by atoms with Crippen molar-refractivity contribution in [2.24, 2.45) is 11.8 Å². The van der Waals surface area contributed by atoms with Crippen LogP contribution in [-0.2, 0) is 13.6 Å². The second kappa shape index (κ2) is 18.2. The molecule has 0 saturated heterocycles. The van der Waals surface area contributed by atoms with E-state index >= 15 is 0 Å². The monoisotopic (exact) mass is 406 g/mol. The molecule has 0 aliphatic heterocycles. The molecular formula is C22H47O4P. The van der Waals surface area contributed by atoms with Crippen LogP contribution in [0.1, 0.15) is 118 Å². The van der Waals surface area contributed by atoms with E-state index in [1.165, 1.54) is 64.2 Å². The molecule has 0 bridgehead atoms. The lowest BCUT2D eigenvalue weighted by Gasteiger charge is -2.14. The third kappa shape index (κ3) is 19.2. The molecule has 2 atom stereocenters. The van der Waals surface area contributed by atoms with Gasteiger partial charge in [-0.15, -0.1) is 0 Å². The van der Waals surface area contributed by atoms with Crippen molar-refractivity contribution in [2.45, 2.75) is 118 Å². The predicted octanol–water partition coefficient (Wildman–Crippen LogP) is 7.89. The first kappa shape index (κ1) is 27.1. The number of unbranched alkanes of at least 4 members (excludes halogenated alkanes) is 6. The van der Waals surface area contributed by atoms with E-state index in [0.717, 1.165) is 37.5 Å². The summed E-state index contributed by atoms with van der Waals surface area (Å²) >= 11 is 0. The Kier molecular flexibility index (Phi) is 18.2. The molecule has 0 rings (SSSR count). The molecular weight excluding hydrogens is 359 g/mol. The van der Waals surface area contributed by atoms with Crippen LogP contribution in [0.25, 0.3) is 0 Å². The highest BCUT2D eigenvalue weighted by molar-refractivity contribution is 7.47. The minimum absolute atomic E-state index is 0.309. The van der Waals surface area contributed by atoms with E-state index in [0.29, 0.717) is 13.2 Å². The number of phosphoric ester groups is 1. The fourth-order valence-electron chi connectivity index (χ4n) is 3.36. The van der Waals surface area contributed by atoms with E-state index in [4.69, 9.17) is 9.05 Å². The Bertz CT molecular complexity index is 332. The van der Waals surface area contributed by atoms with Crippen molar-refractivity contribution in [1.82, 2.24) is 0 Å². The molecule has 0 heterocycles.